The number of nitrogens with two attached hydrogens (primary N) is 1. The molecule has 18 heavy (non-hydrogen) atoms. The first-order valence-corrected chi connectivity index (χ1v) is 7.10. The van der Waals surface area contributed by atoms with Gasteiger partial charge in [-0.25, -0.2) is 0 Å². The lowest BCUT2D eigenvalue weighted by Crippen LogP contribution is -2.30. The van der Waals surface area contributed by atoms with Gasteiger partial charge in [0.15, 0.2) is 0 Å². The highest BCUT2D eigenvalue weighted by molar-refractivity contribution is 9.11. The second-order valence-corrected chi connectivity index (χ2v) is 5.68. The van der Waals surface area contributed by atoms with Crippen LogP contribution in [0.5, 0.6) is 0 Å². The molecule has 0 aliphatic rings. The maximum Gasteiger partial charge on any atom is 0.0526 e. The minimum Gasteiger partial charge on any atom is -0.271 e. The average molecular weight is 371 g/mol. The van der Waals surface area contributed by atoms with Crippen LogP contribution in [0.2, 0.25) is 0 Å². The maximum atomic E-state index is 5.66. The first kappa shape index (κ1) is 13.7. The quantitative estimate of drug-likeness (QED) is 0.640. The molecule has 2 aromatic rings. The SMILES string of the molecule is NNC(Cc1ccccn1)c1cc(Br)ccc1Br. The molecule has 1 aromatic carbocycles. The van der Waals surface area contributed by atoms with Crippen molar-refractivity contribution in [1.82, 2.24) is 10.4 Å². The molecule has 0 aliphatic heterocycles. The van der Waals surface area contributed by atoms with Gasteiger partial charge in [0, 0.05) is 27.3 Å². The summed E-state index contributed by atoms with van der Waals surface area (Å²) in [6.07, 6.45) is 2.53. The third-order valence-electron chi connectivity index (χ3n) is 2.67. The Kier molecular flexibility index (Phi) is 4.88. The highest BCUT2D eigenvalue weighted by Gasteiger charge is 2.14. The van der Waals surface area contributed by atoms with Crippen LogP contribution in [0.15, 0.2) is 51.5 Å². The van der Waals surface area contributed by atoms with Gasteiger partial charge in [0.1, 0.15) is 0 Å². The molecule has 2 rings (SSSR count). The third-order valence-corrected chi connectivity index (χ3v) is 3.89. The lowest BCUT2D eigenvalue weighted by molar-refractivity contribution is 0.544. The van der Waals surface area contributed by atoms with Crippen LogP contribution >= 0.6 is 31.9 Å². The molecule has 0 amide bonds. The summed E-state index contributed by atoms with van der Waals surface area (Å²) < 4.78 is 2.06. The van der Waals surface area contributed by atoms with E-state index in [1.807, 2.05) is 30.3 Å². The van der Waals surface area contributed by atoms with Crippen LogP contribution in [0.4, 0.5) is 0 Å². The van der Waals surface area contributed by atoms with Gasteiger partial charge in [0.2, 0.25) is 0 Å². The highest BCUT2D eigenvalue weighted by atomic mass is 79.9. The third kappa shape index (κ3) is 3.38. The van der Waals surface area contributed by atoms with Gasteiger partial charge in [0.05, 0.1) is 6.04 Å². The Hall–Kier alpha value is -0.750. The fourth-order valence-electron chi connectivity index (χ4n) is 1.77. The monoisotopic (exact) mass is 369 g/mol. The van der Waals surface area contributed by atoms with Gasteiger partial charge in [-0.2, -0.15) is 0 Å². The van der Waals surface area contributed by atoms with Gasteiger partial charge < -0.3 is 0 Å². The number of benzene rings is 1. The summed E-state index contributed by atoms with van der Waals surface area (Å²) in [6, 6.07) is 11.9. The first-order valence-electron chi connectivity index (χ1n) is 5.51. The number of nitrogens with zero attached hydrogens (tertiary/aromatic N) is 1. The number of hydrazine groups is 1. The smallest absolute Gasteiger partial charge is 0.0526 e. The molecule has 0 spiro atoms. The molecule has 0 radical (unpaired) electrons. The van der Waals surface area contributed by atoms with Crippen molar-refractivity contribution < 1.29 is 0 Å². The Bertz CT molecular complexity index is 517. The van der Waals surface area contributed by atoms with Crippen LogP contribution < -0.4 is 11.3 Å². The second-order valence-electron chi connectivity index (χ2n) is 3.91. The van der Waals surface area contributed by atoms with E-state index in [9.17, 15) is 0 Å². The zero-order valence-electron chi connectivity index (χ0n) is 9.61. The van der Waals surface area contributed by atoms with E-state index in [0.717, 1.165) is 26.6 Å². The van der Waals surface area contributed by atoms with Crippen molar-refractivity contribution in [1.29, 1.82) is 0 Å². The molecule has 0 saturated heterocycles. The summed E-state index contributed by atoms with van der Waals surface area (Å²) in [4.78, 5) is 4.32. The van der Waals surface area contributed by atoms with Gasteiger partial charge in [-0.1, -0.05) is 37.9 Å². The zero-order valence-corrected chi connectivity index (χ0v) is 12.8. The number of pyridine rings is 1. The van der Waals surface area contributed by atoms with E-state index in [1.54, 1.807) is 6.20 Å². The summed E-state index contributed by atoms with van der Waals surface area (Å²) in [7, 11) is 0. The Labute approximate surface area is 123 Å². The van der Waals surface area contributed by atoms with Crippen molar-refractivity contribution >= 4 is 31.9 Å². The maximum absolute atomic E-state index is 5.66. The molecular weight excluding hydrogens is 358 g/mol. The van der Waals surface area contributed by atoms with E-state index in [2.05, 4.69) is 48.3 Å². The van der Waals surface area contributed by atoms with Gasteiger partial charge in [-0.15, -0.1) is 0 Å². The molecule has 0 saturated carbocycles. The van der Waals surface area contributed by atoms with Crippen molar-refractivity contribution in [3.05, 3.63) is 62.8 Å². The summed E-state index contributed by atoms with van der Waals surface area (Å²) in [5.74, 6) is 5.66. The number of aromatic nitrogens is 1. The Morgan fingerprint density at radius 3 is 2.72 bits per heavy atom. The van der Waals surface area contributed by atoms with Crippen LogP contribution in [-0.2, 0) is 6.42 Å². The molecule has 94 valence electrons. The molecule has 1 aromatic heterocycles. The second kappa shape index (κ2) is 6.43. The van der Waals surface area contributed by atoms with Crippen LogP contribution in [0.3, 0.4) is 0 Å². The molecule has 0 bridgehead atoms. The van der Waals surface area contributed by atoms with Gasteiger partial charge >= 0.3 is 0 Å². The lowest BCUT2D eigenvalue weighted by Gasteiger charge is -2.17. The van der Waals surface area contributed by atoms with Crippen molar-refractivity contribution in [3.8, 4) is 0 Å². The minimum absolute atomic E-state index is 0.0202. The normalized spacial score (nSPS) is 12.4. The first-order chi connectivity index (χ1) is 8.70. The van der Waals surface area contributed by atoms with E-state index < -0.39 is 0 Å². The molecule has 5 heteroatoms. The number of nitrogens with one attached hydrogen (secondary N) is 1. The molecule has 1 heterocycles. The van der Waals surface area contributed by atoms with E-state index in [4.69, 9.17) is 5.84 Å². The molecule has 0 aliphatic carbocycles. The average Bonchev–Trinajstić information content (AvgIpc) is 2.40. The largest absolute Gasteiger partial charge is 0.271 e. The number of hydrogen-bond donors (Lipinski definition) is 2. The topological polar surface area (TPSA) is 50.9 Å². The van der Waals surface area contributed by atoms with Crippen LogP contribution in [0.25, 0.3) is 0 Å². The molecule has 0 fully saturated rings. The van der Waals surface area contributed by atoms with E-state index in [-0.39, 0.29) is 6.04 Å². The fourth-order valence-corrected chi connectivity index (χ4v) is 2.67. The summed E-state index contributed by atoms with van der Waals surface area (Å²) in [6.45, 7) is 0. The predicted octanol–water partition coefficient (Wildman–Crippen LogP) is 3.35. The Balaban J connectivity index is 2.26. The summed E-state index contributed by atoms with van der Waals surface area (Å²) in [5.41, 5.74) is 4.96. The summed E-state index contributed by atoms with van der Waals surface area (Å²) in [5, 5.41) is 0. The van der Waals surface area contributed by atoms with Gasteiger partial charge in [-0.3, -0.25) is 16.3 Å². The van der Waals surface area contributed by atoms with Crippen molar-refractivity contribution in [2.75, 3.05) is 0 Å². The molecule has 3 nitrogen and oxygen atoms in total. The highest BCUT2D eigenvalue weighted by Crippen LogP contribution is 2.28. The number of rotatable bonds is 4. The number of hydrogen-bond acceptors (Lipinski definition) is 3. The lowest BCUT2D eigenvalue weighted by atomic mass is 10.0. The van der Waals surface area contributed by atoms with Gasteiger partial charge in [-0.05, 0) is 35.9 Å². The predicted molar refractivity (Wildman–Crippen MR) is 79.8 cm³/mol. The fraction of sp³-hybridized carbons (Fsp3) is 0.154. The zero-order chi connectivity index (χ0) is 13.0. The van der Waals surface area contributed by atoms with Crippen LogP contribution in [0.1, 0.15) is 17.3 Å². The van der Waals surface area contributed by atoms with Crippen molar-refractivity contribution in [2.45, 2.75) is 12.5 Å². The van der Waals surface area contributed by atoms with Crippen molar-refractivity contribution in [3.63, 3.8) is 0 Å². The number of halogens is 2. The van der Waals surface area contributed by atoms with E-state index in [1.165, 1.54) is 0 Å². The molecule has 3 N–H and O–H groups in total. The van der Waals surface area contributed by atoms with Crippen LogP contribution in [-0.4, -0.2) is 4.98 Å². The summed E-state index contributed by atoms with van der Waals surface area (Å²) >= 11 is 7.02. The van der Waals surface area contributed by atoms with Gasteiger partial charge in [0.25, 0.3) is 0 Å². The van der Waals surface area contributed by atoms with Crippen molar-refractivity contribution in [2.24, 2.45) is 5.84 Å². The molecule has 1 unspecified atom stereocenters. The van der Waals surface area contributed by atoms with E-state index in [0.29, 0.717) is 0 Å². The Morgan fingerprint density at radius 1 is 1.22 bits per heavy atom. The van der Waals surface area contributed by atoms with Crippen LogP contribution in [0, 0.1) is 0 Å². The Morgan fingerprint density at radius 2 is 2.06 bits per heavy atom. The van der Waals surface area contributed by atoms with E-state index >= 15 is 0 Å². The standard InChI is InChI=1S/C13H13Br2N3/c14-9-4-5-12(15)11(7-9)13(18-16)8-10-3-1-2-6-17-10/h1-7,13,18H,8,16H2. The molecular formula is C13H13Br2N3. The minimum atomic E-state index is 0.0202. The molecule has 1 atom stereocenters.